The van der Waals surface area contributed by atoms with E-state index >= 15 is 0 Å². The van der Waals surface area contributed by atoms with E-state index in [2.05, 4.69) is 59.8 Å². The summed E-state index contributed by atoms with van der Waals surface area (Å²) in [4.78, 5) is 3.18. The fraction of sp³-hybridized carbons (Fsp3) is 0.167. The van der Waals surface area contributed by atoms with Crippen molar-refractivity contribution in [1.82, 2.24) is 9.55 Å². The Morgan fingerprint density at radius 3 is 2.33 bits per heavy atom. The number of nitrogens with zero attached hydrogens (tertiary/aromatic N) is 1. The van der Waals surface area contributed by atoms with Crippen LogP contribution in [0.3, 0.4) is 0 Å². The molecule has 2 nitrogen and oxygen atoms in total. The molecule has 1 atom stereocenters. The van der Waals surface area contributed by atoms with Crippen molar-refractivity contribution in [1.29, 1.82) is 0 Å². The van der Waals surface area contributed by atoms with Crippen LogP contribution < -0.4 is 0 Å². The maximum Gasteiger partial charge on any atom is 0.178 e. The molecule has 0 saturated carbocycles. The molecule has 106 valence electrons. The van der Waals surface area contributed by atoms with Gasteiger partial charge in [0, 0.05) is 6.20 Å². The maximum absolute atomic E-state index is 5.48. The monoisotopic (exact) mass is 294 g/mol. The maximum atomic E-state index is 5.48. The smallest absolute Gasteiger partial charge is 0.178 e. The molecule has 0 bridgehead atoms. The molecule has 1 N–H and O–H groups in total. The highest BCUT2D eigenvalue weighted by Crippen LogP contribution is 2.27. The van der Waals surface area contributed by atoms with E-state index in [1.54, 1.807) is 0 Å². The Hall–Kier alpha value is -2.13. The summed E-state index contributed by atoms with van der Waals surface area (Å²) in [6.07, 6.45) is 1.99. The Kier molecular flexibility index (Phi) is 3.76. The van der Waals surface area contributed by atoms with E-state index in [4.69, 9.17) is 12.2 Å². The Morgan fingerprint density at radius 1 is 1.00 bits per heavy atom. The van der Waals surface area contributed by atoms with Gasteiger partial charge in [-0.3, -0.25) is 0 Å². The standard InChI is InChI=1S/C18H18N2S/c1-13-8-10-15(11-9-13)14(2)20-17(12-19-18(20)21)16-6-4-3-5-7-16/h3-12,14H,1-2H3,(H,19,21). The Labute approximate surface area is 130 Å². The lowest BCUT2D eigenvalue weighted by molar-refractivity contribution is 0.636. The Balaban J connectivity index is 2.08. The minimum absolute atomic E-state index is 0.194. The third-order valence-electron chi connectivity index (χ3n) is 3.83. The number of imidazole rings is 1. The molecule has 2 aromatic carbocycles. The quantitative estimate of drug-likeness (QED) is 0.664. The molecule has 0 fully saturated rings. The first-order valence-corrected chi connectivity index (χ1v) is 7.49. The molecule has 3 heteroatoms. The second-order valence-electron chi connectivity index (χ2n) is 5.30. The van der Waals surface area contributed by atoms with Crippen LogP contribution in [0.2, 0.25) is 0 Å². The molecule has 0 saturated heterocycles. The predicted molar refractivity (Wildman–Crippen MR) is 90.0 cm³/mol. The van der Waals surface area contributed by atoms with Crippen LogP contribution in [0.4, 0.5) is 0 Å². The molecular formula is C18H18N2S. The van der Waals surface area contributed by atoms with Gasteiger partial charge in [-0.05, 0) is 37.2 Å². The number of hydrogen-bond donors (Lipinski definition) is 1. The first-order chi connectivity index (χ1) is 10.2. The van der Waals surface area contributed by atoms with Crippen molar-refractivity contribution in [3.05, 3.63) is 76.7 Å². The highest BCUT2D eigenvalue weighted by molar-refractivity contribution is 7.71. The molecular weight excluding hydrogens is 276 g/mol. The molecule has 0 radical (unpaired) electrons. The average Bonchev–Trinajstić information content (AvgIpc) is 2.90. The largest absolute Gasteiger partial charge is 0.337 e. The molecule has 0 amide bonds. The summed E-state index contributed by atoms with van der Waals surface area (Å²) >= 11 is 5.48. The summed E-state index contributed by atoms with van der Waals surface area (Å²) in [5, 5.41) is 0. The SMILES string of the molecule is Cc1ccc(C(C)n2c(-c3ccccc3)c[nH]c2=S)cc1. The van der Waals surface area contributed by atoms with Gasteiger partial charge in [-0.1, -0.05) is 60.2 Å². The second-order valence-corrected chi connectivity index (χ2v) is 5.69. The number of rotatable bonds is 3. The van der Waals surface area contributed by atoms with Crippen LogP contribution in [-0.2, 0) is 0 Å². The zero-order valence-corrected chi connectivity index (χ0v) is 13.0. The normalized spacial score (nSPS) is 12.3. The summed E-state index contributed by atoms with van der Waals surface area (Å²) in [6.45, 7) is 4.28. The van der Waals surface area contributed by atoms with Crippen LogP contribution in [-0.4, -0.2) is 9.55 Å². The average molecular weight is 294 g/mol. The van der Waals surface area contributed by atoms with E-state index in [9.17, 15) is 0 Å². The number of aromatic nitrogens is 2. The van der Waals surface area contributed by atoms with Crippen molar-refractivity contribution < 1.29 is 0 Å². The van der Waals surface area contributed by atoms with E-state index < -0.39 is 0 Å². The van der Waals surface area contributed by atoms with Crippen LogP contribution in [0.25, 0.3) is 11.3 Å². The molecule has 3 aromatic rings. The highest BCUT2D eigenvalue weighted by atomic mass is 32.1. The molecule has 0 aliphatic rings. The second kappa shape index (κ2) is 5.70. The van der Waals surface area contributed by atoms with Gasteiger partial charge in [0.2, 0.25) is 0 Å². The van der Waals surface area contributed by atoms with E-state index in [0.29, 0.717) is 0 Å². The van der Waals surface area contributed by atoms with Crippen LogP contribution in [0, 0.1) is 11.7 Å². The van der Waals surface area contributed by atoms with Crippen LogP contribution in [0.5, 0.6) is 0 Å². The summed E-state index contributed by atoms with van der Waals surface area (Å²) in [5.41, 5.74) is 4.82. The van der Waals surface area contributed by atoms with E-state index in [1.165, 1.54) is 16.7 Å². The van der Waals surface area contributed by atoms with E-state index in [1.807, 2.05) is 24.4 Å². The zero-order valence-electron chi connectivity index (χ0n) is 12.2. The summed E-state index contributed by atoms with van der Waals surface area (Å²) in [6, 6.07) is 19.2. The van der Waals surface area contributed by atoms with Gasteiger partial charge < -0.3 is 9.55 Å². The van der Waals surface area contributed by atoms with Gasteiger partial charge in [-0.25, -0.2) is 0 Å². The number of aryl methyl sites for hydroxylation is 1. The lowest BCUT2D eigenvalue weighted by Gasteiger charge is -2.17. The van der Waals surface area contributed by atoms with Crippen LogP contribution in [0.15, 0.2) is 60.8 Å². The van der Waals surface area contributed by atoms with Gasteiger partial charge >= 0.3 is 0 Å². The van der Waals surface area contributed by atoms with Gasteiger partial charge in [0.05, 0.1) is 11.7 Å². The van der Waals surface area contributed by atoms with Gasteiger partial charge in [-0.2, -0.15) is 0 Å². The first-order valence-electron chi connectivity index (χ1n) is 7.08. The molecule has 0 spiro atoms. The third-order valence-corrected chi connectivity index (χ3v) is 4.14. The van der Waals surface area contributed by atoms with Gasteiger partial charge in [0.15, 0.2) is 4.77 Å². The minimum Gasteiger partial charge on any atom is -0.337 e. The predicted octanol–water partition coefficient (Wildman–Crippen LogP) is 5.13. The number of aromatic amines is 1. The first kappa shape index (κ1) is 13.8. The molecule has 1 aromatic heterocycles. The third kappa shape index (κ3) is 2.69. The van der Waals surface area contributed by atoms with E-state index in [-0.39, 0.29) is 6.04 Å². The van der Waals surface area contributed by atoms with Gasteiger partial charge in [-0.15, -0.1) is 0 Å². The highest BCUT2D eigenvalue weighted by Gasteiger charge is 2.14. The van der Waals surface area contributed by atoms with Crippen molar-refractivity contribution in [3.8, 4) is 11.3 Å². The van der Waals surface area contributed by atoms with Crippen molar-refractivity contribution in [2.45, 2.75) is 19.9 Å². The van der Waals surface area contributed by atoms with E-state index in [0.717, 1.165) is 10.5 Å². The van der Waals surface area contributed by atoms with Crippen molar-refractivity contribution in [2.75, 3.05) is 0 Å². The Morgan fingerprint density at radius 2 is 1.67 bits per heavy atom. The number of benzene rings is 2. The van der Waals surface area contributed by atoms with Gasteiger partial charge in [0.1, 0.15) is 0 Å². The van der Waals surface area contributed by atoms with Crippen molar-refractivity contribution in [3.63, 3.8) is 0 Å². The topological polar surface area (TPSA) is 20.7 Å². The summed E-state index contributed by atoms with van der Waals surface area (Å²) in [5.74, 6) is 0. The lowest BCUT2D eigenvalue weighted by atomic mass is 10.1. The van der Waals surface area contributed by atoms with Crippen LogP contribution >= 0.6 is 12.2 Å². The fourth-order valence-corrected chi connectivity index (χ4v) is 2.90. The van der Waals surface area contributed by atoms with Crippen LogP contribution in [0.1, 0.15) is 24.1 Å². The molecule has 21 heavy (non-hydrogen) atoms. The molecule has 1 unspecified atom stereocenters. The molecule has 0 aliphatic carbocycles. The summed E-state index contributed by atoms with van der Waals surface area (Å²) < 4.78 is 2.93. The molecule has 1 heterocycles. The molecule has 0 aliphatic heterocycles. The summed E-state index contributed by atoms with van der Waals surface area (Å²) in [7, 11) is 0. The van der Waals surface area contributed by atoms with Crippen molar-refractivity contribution >= 4 is 12.2 Å². The Bertz CT molecular complexity index is 782. The molecule has 3 rings (SSSR count). The number of hydrogen-bond acceptors (Lipinski definition) is 1. The fourth-order valence-electron chi connectivity index (χ4n) is 2.59. The number of H-pyrrole nitrogens is 1. The number of nitrogens with one attached hydrogen (secondary N) is 1. The zero-order chi connectivity index (χ0) is 14.8. The van der Waals surface area contributed by atoms with Gasteiger partial charge in [0.25, 0.3) is 0 Å². The van der Waals surface area contributed by atoms with Crippen molar-refractivity contribution in [2.24, 2.45) is 0 Å². The lowest BCUT2D eigenvalue weighted by Crippen LogP contribution is -2.08. The minimum atomic E-state index is 0.194.